The topological polar surface area (TPSA) is 37.4 Å². The van der Waals surface area contributed by atoms with E-state index in [9.17, 15) is 8.42 Å². The Balaban J connectivity index is 2.25. The molecule has 1 saturated heterocycles. The first-order valence-corrected chi connectivity index (χ1v) is 9.13. The average Bonchev–Trinajstić information content (AvgIpc) is 2.77. The standard InChI is InChI=1S/C13H18BrNO2S/c1-18(16,17)13-5-3-2-4-12(13)15-9-7-11(10-15)6-8-14/h2-5,11H,6-10H2,1H3. The normalized spacial score (nSPS) is 20.3. The smallest absolute Gasteiger partial charge is 0.177 e. The van der Waals surface area contributed by atoms with Crippen LogP contribution >= 0.6 is 15.9 Å². The van der Waals surface area contributed by atoms with Crippen LogP contribution in [0.15, 0.2) is 29.2 Å². The summed E-state index contributed by atoms with van der Waals surface area (Å²) in [6.45, 7) is 1.91. The lowest BCUT2D eigenvalue weighted by Crippen LogP contribution is -2.22. The van der Waals surface area contributed by atoms with E-state index in [1.54, 1.807) is 12.1 Å². The van der Waals surface area contributed by atoms with Crippen molar-refractivity contribution < 1.29 is 8.42 Å². The summed E-state index contributed by atoms with van der Waals surface area (Å²) in [6, 6.07) is 7.29. The maximum atomic E-state index is 11.8. The van der Waals surface area contributed by atoms with Crippen LogP contribution in [0.25, 0.3) is 0 Å². The van der Waals surface area contributed by atoms with E-state index in [1.165, 1.54) is 6.26 Å². The summed E-state index contributed by atoms with van der Waals surface area (Å²) in [5.74, 6) is 0.664. The van der Waals surface area contributed by atoms with Gasteiger partial charge in [0.2, 0.25) is 0 Å². The number of rotatable bonds is 4. The van der Waals surface area contributed by atoms with Crippen LogP contribution in [0.4, 0.5) is 5.69 Å². The second-order valence-corrected chi connectivity index (χ2v) is 7.60. The molecule has 18 heavy (non-hydrogen) atoms. The molecule has 1 aliphatic heterocycles. The van der Waals surface area contributed by atoms with Crippen molar-refractivity contribution in [3.63, 3.8) is 0 Å². The van der Waals surface area contributed by atoms with Crippen molar-refractivity contribution in [2.75, 3.05) is 29.6 Å². The first-order valence-electron chi connectivity index (χ1n) is 6.12. The summed E-state index contributed by atoms with van der Waals surface area (Å²) < 4.78 is 23.6. The van der Waals surface area contributed by atoms with E-state index in [1.807, 2.05) is 12.1 Å². The van der Waals surface area contributed by atoms with Gasteiger partial charge in [-0.05, 0) is 30.9 Å². The highest BCUT2D eigenvalue weighted by Crippen LogP contribution is 2.30. The predicted molar refractivity (Wildman–Crippen MR) is 78.3 cm³/mol. The molecule has 0 aromatic heterocycles. The van der Waals surface area contributed by atoms with Gasteiger partial charge in [-0.2, -0.15) is 0 Å². The number of para-hydroxylation sites is 1. The van der Waals surface area contributed by atoms with Crippen LogP contribution in [-0.2, 0) is 9.84 Å². The van der Waals surface area contributed by atoms with Gasteiger partial charge in [-0.25, -0.2) is 8.42 Å². The fourth-order valence-electron chi connectivity index (χ4n) is 2.47. The molecular formula is C13H18BrNO2S. The fraction of sp³-hybridized carbons (Fsp3) is 0.538. The van der Waals surface area contributed by atoms with Crippen LogP contribution in [0.2, 0.25) is 0 Å². The Morgan fingerprint density at radius 1 is 1.39 bits per heavy atom. The van der Waals surface area contributed by atoms with E-state index in [-0.39, 0.29) is 0 Å². The second kappa shape index (κ2) is 5.61. The highest BCUT2D eigenvalue weighted by Gasteiger charge is 2.25. The molecule has 5 heteroatoms. The number of benzene rings is 1. The highest BCUT2D eigenvalue weighted by atomic mass is 79.9. The Kier molecular flexibility index (Phi) is 4.33. The van der Waals surface area contributed by atoms with Crippen molar-refractivity contribution >= 4 is 31.5 Å². The van der Waals surface area contributed by atoms with Crippen molar-refractivity contribution in [2.45, 2.75) is 17.7 Å². The lowest BCUT2D eigenvalue weighted by Gasteiger charge is -2.21. The maximum absolute atomic E-state index is 11.8. The first kappa shape index (κ1) is 13.9. The number of hydrogen-bond donors (Lipinski definition) is 0. The van der Waals surface area contributed by atoms with Gasteiger partial charge in [-0.15, -0.1) is 0 Å². The van der Waals surface area contributed by atoms with E-state index in [0.717, 1.165) is 36.9 Å². The molecule has 0 bridgehead atoms. The van der Waals surface area contributed by atoms with Gasteiger partial charge in [-0.3, -0.25) is 0 Å². The molecule has 3 nitrogen and oxygen atoms in total. The van der Waals surface area contributed by atoms with Crippen molar-refractivity contribution in [2.24, 2.45) is 5.92 Å². The minimum Gasteiger partial charge on any atom is -0.370 e. The molecule has 1 fully saturated rings. The minimum atomic E-state index is -3.15. The Morgan fingerprint density at radius 3 is 2.78 bits per heavy atom. The van der Waals surface area contributed by atoms with Gasteiger partial charge in [0.25, 0.3) is 0 Å². The van der Waals surface area contributed by atoms with Crippen LogP contribution in [-0.4, -0.2) is 33.1 Å². The van der Waals surface area contributed by atoms with E-state index in [4.69, 9.17) is 0 Å². The Hall–Kier alpha value is -0.550. The molecule has 0 spiro atoms. The van der Waals surface area contributed by atoms with Gasteiger partial charge in [0.15, 0.2) is 9.84 Å². The van der Waals surface area contributed by atoms with E-state index >= 15 is 0 Å². The number of sulfone groups is 1. The highest BCUT2D eigenvalue weighted by molar-refractivity contribution is 9.09. The molecule has 1 aromatic rings. The lowest BCUT2D eigenvalue weighted by atomic mass is 10.1. The summed E-state index contributed by atoms with van der Waals surface area (Å²) >= 11 is 3.47. The summed E-state index contributed by atoms with van der Waals surface area (Å²) in [5.41, 5.74) is 0.858. The van der Waals surface area contributed by atoms with Crippen molar-refractivity contribution in [3.05, 3.63) is 24.3 Å². The zero-order valence-corrected chi connectivity index (χ0v) is 12.9. The minimum absolute atomic E-state index is 0.449. The average molecular weight is 332 g/mol. The summed E-state index contributed by atoms with van der Waals surface area (Å²) in [7, 11) is -3.15. The van der Waals surface area contributed by atoms with E-state index in [0.29, 0.717) is 10.8 Å². The lowest BCUT2D eigenvalue weighted by molar-refractivity contribution is 0.575. The summed E-state index contributed by atoms with van der Waals surface area (Å²) in [5, 5.41) is 1.01. The van der Waals surface area contributed by atoms with Crippen molar-refractivity contribution in [1.82, 2.24) is 0 Å². The number of anilines is 1. The quantitative estimate of drug-likeness (QED) is 0.796. The Labute approximate surface area is 117 Å². The number of hydrogen-bond acceptors (Lipinski definition) is 3. The van der Waals surface area contributed by atoms with Gasteiger partial charge in [0, 0.05) is 24.7 Å². The molecule has 0 N–H and O–H groups in total. The second-order valence-electron chi connectivity index (χ2n) is 4.82. The van der Waals surface area contributed by atoms with Crippen LogP contribution in [0.3, 0.4) is 0 Å². The third-order valence-electron chi connectivity index (χ3n) is 3.41. The third-order valence-corrected chi connectivity index (χ3v) is 5.01. The van der Waals surface area contributed by atoms with E-state index in [2.05, 4.69) is 20.8 Å². The molecule has 100 valence electrons. The van der Waals surface area contributed by atoms with Gasteiger partial charge >= 0.3 is 0 Å². The molecule has 0 radical (unpaired) electrons. The first-order chi connectivity index (χ1) is 8.52. The van der Waals surface area contributed by atoms with Crippen LogP contribution < -0.4 is 4.90 Å². The Bertz CT molecular complexity index is 515. The molecule has 1 aliphatic rings. The zero-order valence-electron chi connectivity index (χ0n) is 10.5. The molecule has 1 unspecified atom stereocenters. The van der Waals surface area contributed by atoms with Crippen LogP contribution in [0.5, 0.6) is 0 Å². The largest absolute Gasteiger partial charge is 0.370 e. The zero-order chi connectivity index (χ0) is 13.2. The van der Waals surface area contributed by atoms with Crippen LogP contribution in [0.1, 0.15) is 12.8 Å². The number of nitrogens with zero attached hydrogens (tertiary/aromatic N) is 1. The monoisotopic (exact) mass is 331 g/mol. The van der Waals surface area contributed by atoms with Gasteiger partial charge in [-0.1, -0.05) is 28.1 Å². The van der Waals surface area contributed by atoms with Crippen LogP contribution in [0, 0.1) is 5.92 Å². The molecule has 1 atom stereocenters. The molecule has 1 heterocycles. The molecule has 0 saturated carbocycles. The molecule has 2 rings (SSSR count). The number of halogens is 1. The summed E-state index contributed by atoms with van der Waals surface area (Å²) in [6.07, 6.45) is 3.57. The Morgan fingerprint density at radius 2 is 2.11 bits per heavy atom. The SMILES string of the molecule is CS(=O)(=O)c1ccccc1N1CCC(CCBr)C1. The summed E-state index contributed by atoms with van der Waals surface area (Å²) in [4.78, 5) is 2.65. The van der Waals surface area contributed by atoms with Gasteiger partial charge in [0.1, 0.15) is 0 Å². The van der Waals surface area contributed by atoms with Gasteiger partial charge in [0.05, 0.1) is 10.6 Å². The number of alkyl halides is 1. The maximum Gasteiger partial charge on any atom is 0.177 e. The van der Waals surface area contributed by atoms with E-state index < -0.39 is 9.84 Å². The molecule has 0 amide bonds. The van der Waals surface area contributed by atoms with Crippen molar-refractivity contribution in [3.8, 4) is 0 Å². The molecular weight excluding hydrogens is 314 g/mol. The molecule has 0 aliphatic carbocycles. The fourth-order valence-corrected chi connectivity index (χ4v) is 4.02. The third kappa shape index (κ3) is 3.06. The van der Waals surface area contributed by atoms with Gasteiger partial charge < -0.3 is 4.90 Å². The predicted octanol–water partition coefficient (Wildman–Crippen LogP) is 2.70. The molecule has 1 aromatic carbocycles. The van der Waals surface area contributed by atoms with Crippen molar-refractivity contribution in [1.29, 1.82) is 0 Å².